The zero-order valence-corrected chi connectivity index (χ0v) is 12.5. The number of hydrogen-bond acceptors (Lipinski definition) is 3. The predicted molar refractivity (Wildman–Crippen MR) is 81.0 cm³/mol. The molecule has 2 N–H and O–H groups in total. The number of nitrogens with zero attached hydrogens (tertiary/aromatic N) is 1. The highest BCUT2D eigenvalue weighted by Crippen LogP contribution is 2.37. The van der Waals surface area contributed by atoms with Gasteiger partial charge in [-0.25, -0.2) is 8.78 Å². The first-order valence-electron chi connectivity index (χ1n) is 7.11. The van der Waals surface area contributed by atoms with Gasteiger partial charge >= 0.3 is 0 Å². The molecule has 0 bridgehead atoms. The van der Waals surface area contributed by atoms with Crippen molar-refractivity contribution in [3.63, 3.8) is 0 Å². The van der Waals surface area contributed by atoms with E-state index in [-0.39, 0.29) is 12.1 Å². The first-order valence-corrected chi connectivity index (χ1v) is 8.05. The van der Waals surface area contributed by atoms with Gasteiger partial charge in [0.05, 0.1) is 6.04 Å². The highest BCUT2D eigenvalue weighted by molar-refractivity contribution is 7.07. The van der Waals surface area contributed by atoms with Crippen molar-refractivity contribution in [1.82, 2.24) is 4.90 Å². The van der Waals surface area contributed by atoms with Crippen LogP contribution in [0, 0.1) is 11.6 Å². The molecular weight excluding hydrogens is 290 g/mol. The largest absolute Gasteiger partial charge is 0.329 e. The van der Waals surface area contributed by atoms with E-state index in [2.05, 4.69) is 10.3 Å². The van der Waals surface area contributed by atoms with E-state index in [4.69, 9.17) is 5.73 Å². The van der Waals surface area contributed by atoms with E-state index in [9.17, 15) is 8.78 Å². The molecule has 112 valence electrons. The molecule has 5 heteroatoms. The number of nitrogens with two attached hydrogens (primary N) is 1. The summed E-state index contributed by atoms with van der Waals surface area (Å²) in [6.07, 6.45) is 2.13. The molecule has 2 aromatic rings. The summed E-state index contributed by atoms with van der Waals surface area (Å²) in [5.74, 6) is -1.03. The Morgan fingerprint density at radius 3 is 2.48 bits per heavy atom. The van der Waals surface area contributed by atoms with Gasteiger partial charge in [0.15, 0.2) is 0 Å². The molecule has 3 rings (SSSR count). The average Bonchev–Trinajstić information content (AvgIpc) is 3.18. The van der Waals surface area contributed by atoms with Crippen molar-refractivity contribution in [1.29, 1.82) is 0 Å². The van der Waals surface area contributed by atoms with Gasteiger partial charge in [-0.1, -0.05) is 6.07 Å². The van der Waals surface area contributed by atoms with Crippen LogP contribution >= 0.6 is 11.3 Å². The molecule has 21 heavy (non-hydrogen) atoms. The van der Waals surface area contributed by atoms with Crippen LogP contribution in [0.1, 0.15) is 30.0 Å². The van der Waals surface area contributed by atoms with Crippen LogP contribution in [0.3, 0.4) is 0 Å². The molecule has 1 aromatic carbocycles. The van der Waals surface area contributed by atoms with Crippen molar-refractivity contribution in [3.05, 3.63) is 57.8 Å². The minimum absolute atomic E-state index is 0.0992. The van der Waals surface area contributed by atoms with Gasteiger partial charge in [0.25, 0.3) is 0 Å². The van der Waals surface area contributed by atoms with E-state index in [1.165, 1.54) is 23.8 Å². The third kappa shape index (κ3) is 3.15. The summed E-state index contributed by atoms with van der Waals surface area (Å²) in [6, 6.07) is 6.00. The fourth-order valence-electron chi connectivity index (χ4n) is 2.74. The lowest BCUT2D eigenvalue weighted by atomic mass is 10.0. The Labute approximate surface area is 127 Å². The van der Waals surface area contributed by atoms with Crippen LogP contribution in [-0.4, -0.2) is 17.5 Å². The van der Waals surface area contributed by atoms with Crippen LogP contribution in [-0.2, 0) is 6.54 Å². The van der Waals surface area contributed by atoms with Crippen molar-refractivity contribution in [2.45, 2.75) is 31.5 Å². The van der Waals surface area contributed by atoms with E-state index in [0.717, 1.165) is 12.8 Å². The Kier molecular flexibility index (Phi) is 4.33. The quantitative estimate of drug-likeness (QED) is 0.882. The van der Waals surface area contributed by atoms with Crippen molar-refractivity contribution in [3.8, 4) is 0 Å². The minimum atomic E-state index is -0.513. The van der Waals surface area contributed by atoms with Gasteiger partial charge in [0.1, 0.15) is 11.6 Å². The summed E-state index contributed by atoms with van der Waals surface area (Å²) in [5.41, 5.74) is 7.13. The van der Waals surface area contributed by atoms with Gasteiger partial charge in [0, 0.05) is 24.7 Å². The molecule has 1 aromatic heterocycles. The van der Waals surface area contributed by atoms with Crippen molar-refractivity contribution >= 4 is 11.3 Å². The van der Waals surface area contributed by atoms with Crippen LogP contribution in [0.15, 0.2) is 35.0 Å². The zero-order chi connectivity index (χ0) is 14.8. The minimum Gasteiger partial charge on any atom is -0.329 e. The first kappa shape index (κ1) is 14.6. The molecule has 1 heterocycles. The second kappa shape index (κ2) is 6.22. The van der Waals surface area contributed by atoms with Gasteiger partial charge in [-0.05, 0) is 47.4 Å². The van der Waals surface area contributed by atoms with Gasteiger partial charge in [0.2, 0.25) is 0 Å². The Morgan fingerprint density at radius 2 is 1.95 bits per heavy atom. The maximum atomic E-state index is 14.1. The van der Waals surface area contributed by atoms with E-state index >= 15 is 0 Å². The molecule has 2 nitrogen and oxygen atoms in total. The van der Waals surface area contributed by atoms with E-state index in [1.54, 1.807) is 11.3 Å². The van der Waals surface area contributed by atoms with Crippen molar-refractivity contribution < 1.29 is 8.78 Å². The molecule has 1 fully saturated rings. The fourth-order valence-corrected chi connectivity index (χ4v) is 3.40. The lowest BCUT2D eigenvalue weighted by molar-refractivity contribution is 0.174. The van der Waals surface area contributed by atoms with Gasteiger partial charge in [-0.3, -0.25) is 4.90 Å². The smallest absolute Gasteiger partial charge is 0.130 e. The molecule has 1 aliphatic carbocycles. The van der Waals surface area contributed by atoms with E-state index in [0.29, 0.717) is 12.6 Å². The molecule has 1 aliphatic rings. The SMILES string of the molecule is NCC(c1c(F)cccc1F)N(Cc1ccsc1)C1CC1. The third-order valence-electron chi connectivity index (χ3n) is 3.92. The maximum absolute atomic E-state index is 14.1. The van der Waals surface area contributed by atoms with Crippen LogP contribution in [0.2, 0.25) is 0 Å². The highest BCUT2D eigenvalue weighted by Gasteiger charge is 2.36. The highest BCUT2D eigenvalue weighted by atomic mass is 32.1. The molecule has 0 spiro atoms. The van der Waals surface area contributed by atoms with E-state index < -0.39 is 17.7 Å². The summed E-state index contributed by atoms with van der Waals surface area (Å²) in [4.78, 5) is 2.14. The summed E-state index contributed by atoms with van der Waals surface area (Å²) in [5, 5.41) is 4.09. The second-order valence-electron chi connectivity index (χ2n) is 5.42. The number of rotatable bonds is 6. The van der Waals surface area contributed by atoms with Crippen LogP contribution in [0.4, 0.5) is 8.78 Å². The molecule has 1 atom stereocenters. The van der Waals surface area contributed by atoms with Crippen LogP contribution in [0.25, 0.3) is 0 Å². The summed E-state index contributed by atoms with van der Waals surface area (Å²) < 4.78 is 28.2. The third-order valence-corrected chi connectivity index (χ3v) is 4.65. The Balaban J connectivity index is 1.92. The van der Waals surface area contributed by atoms with Gasteiger partial charge in [-0.15, -0.1) is 0 Å². The number of hydrogen-bond donors (Lipinski definition) is 1. The monoisotopic (exact) mass is 308 g/mol. The molecule has 0 aliphatic heterocycles. The van der Waals surface area contributed by atoms with Gasteiger partial charge < -0.3 is 5.73 Å². The number of halogens is 2. The van der Waals surface area contributed by atoms with Crippen LogP contribution in [0.5, 0.6) is 0 Å². The zero-order valence-electron chi connectivity index (χ0n) is 11.6. The number of thiophene rings is 1. The molecular formula is C16H18F2N2S. The second-order valence-corrected chi connectivity index (χ2v) is 6.20. The lowest BCUT2D eigenvalue weighted by Crippen LogP contribution is -2.36. The summed E-state index contributed by atoms with van der Waals surface area (Å²) in [7, 11) is 0. The molecule has 1 unspecified atom stereocenters. The molecule has 1 saturated carbocycles. The Morgan fingerprint density at radius 1 is 1.24 bits per heavy atom. The first-order chi connectivity index (χ1) is 10.2. The fraction of sp³-hybridized carbons (Fsp3) is 0.375. The predicted octanol–water partition coefficient (Wildman–Crippen LogP) is 3.69. The summed E-state index contributed by atoms with van der Waals surface area (Å²) in [6.45, 7) is 0.891. The average molecular weight is 308 g/mol. The van der Waals surface area contributed by atoms with Crippen LogP contribution < -0.4 is 5.73 Å². The van der Waals surface area contributed by atoms with Gasteiger partial charge in [-0.2, -0.15) is 11.3 Å². The maximum Gasteiger partial charge on any atom is 0.130 e. The number of benzene rings is 1. The standard InChI is InChI=1S/C16H18F2N2S/c17-13-2-1-3-14(18)16(13)15(8-19)20(12-4-5-12)9-11-6-7-21-10-11/h1-3,6-7,10,12,15H,4-5,8-9,19H2. The topological polar surface area (TPSA) is 29.3 Å². The lowest BCUT2D eigenvalue weighted by Gasteiger charge is -2.31. The van der Waals surface area contributed by atoms with Crippen molar-refractivity contribution in [2.24, 2.45) is 5.73 Å². The Bertz CT molecular complexity index is 576. The normalized spacial score (nSPS) is 16.4. The summed E-state index contributed by atoms with van der Waals surface area (Å²) >= 11 is 1.63. The Hall–Kier alpha value is -1.30. The molecule has 0 saturated heterocycles. The molecule has 0 amide bonds. The molecule has 0 radical (unpaired) electrons. The van der Waals surface area contributed by atoms with E-state index in [1.807, 2.05) is 11.4 Å². The van der Waals surface area contributed by atoms with Crippen molar-refractivity contribution in [2.75, 3.05) is 6.54 Å².